The van der Waals surface area contributed by atoms with E-state index in [9.17, 15) is 0 Å². The molecule has 0 N–H and O–H groups in total. The highest BCUT2D eigenvalue weighted by atomic mass is 15.3. The third-order valence-electron chi connectivity index (χ3n) is 3.51. The summed E-state index contributed by atoms with van der Waals surface area (Å²) in [7, 11) is 0. The van der Waals surface area contributed by atoms with Gasteiger partial charge in [-0.05, 0) is 19.1 Å². The van der Waals surface area contributed by atoms with Crippen LogP contribution in [0.3, 0.4) is 0 Å². The van der Waals surface area contributed by atoms with E-state index in [0.717, 1.165) is 28.2 Å². The summed E-state index contributed by atoms with van der Waals surface area (Å²) in [4.78, 5) is 0. The minimum atomic E-state index is 0.586. The first-order valence-electron chi connectivity index (χ1n) is 6.94. The van der Waals surface area contributed by atoms with Crippen LogP contribution in [0.4, 0.5) is 0 Å². The van der Waals surface area contributed by atoms with E-state index < -0.39 is 0 Å². The summed E-state index contributed by atoms with van der Waals surface area (Å²) in [5.74, 6) is 2.75. The van der Waals surface area contributed by atoms with Crippen LogP contribution in [0.1, 0.15) is 11.3 Å². The smallest absolute Gasteiger partial charge is 0.0785 e. The first kappa shape index (κ1) is 13.2. The number of terminal acetylenes is 1. The SMILES string of the molecule is C#CCc1c(C)nn(-c2ccccc2)c1-c1ccccc1. The maximum atomic E-state index is 5.54. The van der Waals surface area contributed by atoms with E-state index in [0.29, 0.717) is 6.42 Å². The fourth-order valence-corrected chi connectivity index (χ4v) is 2.52. The first-order chi connectivity index (χ1) is 10.3. The molecule has 2 aromatic carbocycles. The lowest BCUT2D eigenvalue weighted by Crippen LogP contribution is -1.99. The zero-order valence-corrected chi connectivity index (χ0v) is 12.0. The first-order valence-corrected chi connectivity index (χ1v) is 6.94. The molecule has 0 aliphatic rings. The van der Waals surface area contributed by atoms with Crippen LogP contribution in [0.25, 0.3) is 16.9 Å². The Labute approximate surface area is 125 Å². The van der Waals surface area contributed by atoms with Gasteiger partial charge < -0.3 is 0 Å². The molecule has 2 nitrogen and oxygen atoms in total. The Kier molecular flexibility index (Phi) is 3.57. The molecule has 0 aliphatic heterocycles. The van der Waals surface area contributed by atoms with E-state index in [1.54, 1.807) is 0 Å². The Bertz CT molecular complexity index is 778. The monoisotopic (exact) mass is 272 g/mol. The number of aryl methyl sites for hydroxylation is 1. The standard InChI is InChI=1S/C19H16N2/c1-3-10-18-15(2)20-21(17-13-8-5-9-14-17)19(18)16-11-6-4-7-12-16/h1,4-9,11-14H,10H2,2H3. The van der Waals surface area contributed by atoms with Gasteiger partial charge >= 0.3 is 0 Å². The Morgan fingerprint density at radius 3 is 2.24 bits per heavy atom. The molecular formula is C19H16N2. The maximum absolute atomic E-state index is 5.54. The molecule has 102 valence electrons. The normalized spacial score (nSPS) is 10.3. The summed E-state index contributed by atoms with van der Waals surface area (Å²) in [5, 5.41) is 4.70. The van der Waals surface area contributed by atoms with Crippen LogP contribution in [0.5, 0.6) is 0 Å². The van der Waals surface area contributed by atoms with Gasteiger partial charge in [0.25, 0.3) is 0 Å². The van der Waals surface area contributed by atoms with Gasteiger partial charge in [0.1, 0.15) is 0 Å². The third kappa shape index (κ3) is 2.46. The molecule has 0 aliphatic carbocycles. The summed E-state index contributed by atoms with van der Waals surface area (Å²) >= 11 is 0. The Balaban J connectivity index is 2.27. The van der Waals surface area contributed by atoms with Crippen molar-refractivity contribution in [3.63, 3.8) is 0 Å². The molecule has 0 fully saturated rings. The summed E-state index contributed by atoms with van der Waals surface area (Å²) in [6.45, 7) is 2.01. The van der Waals surface area contributed by atoms with Crippen LogP contribution in [0, 0.1) is 19.3 Å². The van der Waals surface area contributed by atoms with Crippen LogP contribution in [-0.4, -0.2) is 9.78 Å². The number of para-hydroxylation sites is 1. The Hall–Kier alpha value is -2.79. The number of nitrogens with zero attached hydrogens (tertiary/aromatic N) is 2. The van der Waals surface area contributed by atoms with Gasteiger partial charge in [-0.2, -0.15) is 5.10 Å². The van der Waals surface area contributed by atoms with Crippen LogP contribution in [0.2, 0.25) is 0 Å². The van der Waals surface area contributed by atoms with Gasteiger partial charge in [0.15, 0.2) is 0 Å². The second kappa shape index (κ2) is 5.68. The molecule has 1 aromatic heterocycles. The number of rotatable bonds is 3. The van der Waals surface area contributed by atoms with Gasteiger partial charge in [0.05, 0.1) is 17.1 Å². The van der Waals surface area contributed by atoms with Crippen molar-refractivity contribution in [1.82, 2.24) is 9.78 Å². The molecule has 0 atom stereocenters. The van der Waals surface area contributed by atoms with Crippen molar-refractivity contribution in [3.8, 4) is 29.3 Å². The second-order valence-electron chi connectivity index (χ2n) is 4.91. The molecule has 0 unspecified atom stereocenters. The average Bonchev–Trinajstić information content (AvgIpc) is 2.86. The van der Waals surface area contributed by atoms with Gasteiger partial charge in [0, 0.05) is 17.5 Å². The highest BCUT2D eigenvalue weighted by Crippen LogP contribution is 2.29. The molecule has 0 saturated heterocycles. The van der Waals surface area contributed by atoms with Crippen molar-refractivity contribution in [1.29, 1.82) is 0 Å². The highest BCUT2D eigenvalue weighted by Gasteiger charge is 2.16. The lowest BCUT2D eigenvalue weighted by molar-refractivity contribution is 0.869. The number of hydrogen-bond donors (Lipinski definition) is 0. The van der Waals surface area contributed by atoms with Crippen LogP contribution in [0.15, 0.2) is 60.7 Å². The minimum absolute atomic E-state index is 0.586. The molecule has 3 aromatic rings. The van der Waals surface area contributed by atoms with E-state index in [4.69, 9.17) is 11.5 Å². The van der Waals surface area contributed by atoms with E-state index in [2.05, 4.69) is 30.2 Å². The van der Waals surface area contributed by atoms with Crippen molar-refractivity contribution in [2.45, 2.75) is 13.3 Å². The average molecular weight is 272 g/mol. The molecule has 0 amide bonds. The molecule has 1 heterocycles. The van der Waals surface area contributed by atoms with Crippen molar-refractivity contribution in [3.05, 3.63) is 71.9 Å². The van der Waals surface area contributed by atoms with Crippen LogP contribution in [-0.2, 0) is 6.42 Å². The fraction of sp³-hybridized carbons (Fsp3) is 0.105. The molecule has 3 rings (SSSR count). The van der Waals surface area contributed by atoms with E-state index in [1.807, 2.05) is 48.0 Å². The summed E-state index contributed by atoms with van der Waals surface area (Å²) in [5.41, 5.74) is 5.36. The van der Waals surface area contributed by atoms with Gasteiger partial charge in [-0.15, -0.1) is 12.3 Å². The lowest BCUT2D eigenvalue weighted by atomic mass is 10.0. The van der Waals surface area contributed by atoms with E-state index in [-0.39, 0.29) is 0 Å². The topological polar surface area (TPSA) is 17.8 Å². The third-order valence-corrected chi connectivity index (χ3v) is 3.51. The minimum Gasteiger partial charge on any atom is -0.233 e. The zero-order valence-electron chi connectivity index (χ0n) is 12.0. The van der Waals surface area contributed by atoms with Crippen LogP contribution >= 0.6 is 0 Å². The molecule has 21 heavy (non-hydrogen) atoms. The van der Waals surface area contributed by atoms with E-state index in [1.165, 1.54) is 0 Å². The molecule has 0 radical (unpaired) electrons. The largest absolute Gasteiger partial charge is 0.233 e. The zero-order chi connectivity index (χ0) is 14.7. The molecule has 2 heteroatoms. The van der Waals surface area contributed by atoms with Crippen LogP contribution < -0.4 is 0 Å². The summed E-state index contributed by atoms with van der Waals surface area (Å²) in [6, 6.07) is 20.4. The molecule has 0 bridgehead atoms. The van der Waals surface area contributed by atoms with Crippen molar-refractivity contribution in [2.75, 3.05) is 0 Å². The van der Waals surface area contributed by atoms with Gasteiger partial charge in [0.2, 0.25) is 0 Å². The van der Waals surface area contributed by atoms with Crippen molar-refractivity contribution < 1.29 is 0 Å². The fourth-order valence-electron chi connectivity index (χ4n) is 2.52. The quantitative estimate of drug-likeness (QED) is 0.658. The predicted molar refractivity (Wildman–Crippen MR) is 86.3 cm³/mol. The van der Waals surface area contributed by atoms with E-state index >= 15 is 0 Å². The molecule has 0 saturated carbocycles. The summed E-state index contributed by atoms with van der Waals surface area (Å²) in [6.07, 6.45) is 6.12. The second-order valence-corrected chi connectivity index (χ2v) is 4.91. The predicted octanol–water partition coefficient (Wildman–Crippen LogP) is 4.02. The highest BCUT2D eigenvalue weighted by molar-refractivity contribution is 5.67. The van der Waals surface area contributed by atoms with Gasteiger partial charge in [-0.3, -0.25) is 0 Å². The molecular weight excluding hydrogens is 256 g/mol. The maximum Gasteiger partial charge on any atom is 0.0785 e. The molecule has 0 spiro atoms. The number of benzene rings is 2. The van der Waals surface area contributed by atoms with Crippen molar-refractivity contribution in [2.24, 2.45) is 0 Å². The Morgan fingerprint density at radius 1 is 1.00 bits per heavy atom. The number of hydrogen-bond acceptors (Lipinski definition) is 1. The Morgan fingerprint density at radius 2 is 1.62 bits per heavy atom. The van der Waals surface area contributed by atoms with Crippen molar-refractivity contribution >= 4 is 0 Å². The summed E-state index contributed by atoms with van der Waals surface area (Å²) < 4.78 is 1.98. The van der Waals surface area contributed by atoms with Gasteiger partial charge in [-0.25, -0.2) is 4.68 Å². The lowest BCUT2D eigenvalue weighted by Gasteiger charge is -2.09. The number of aromatic nitrogens is 2. The van der Waals surface area contributed by atoms with Gasteiger partial charge in [-0.1, -0.05) is 48.5 Å².